The van der Waals surface area contributed by atoms with Gasteiger partial charge >= 0.3 is 11.9 Å². The van der Waals surface area contributed by atoms with Crippen LogP contribution in [0, 0.1) is 0 Å². The summed E-state index contributed by atoms with van der Waals surface area (Å²) < 4.78 is 16.8. The van der Waals surface area contributed by atoms with Crippen LogP contribution in [-0.2, 0) is 31.3 Å². The van der Waals surface area contributed by atoms with E-state index in [1.54, 1.807) is 0 Å². The summed E-state index contributed by atoms with van der Waals surface area (Å²) >= 11 is 0. The molecular formula is C52H40O5S2+2. The van der Waals surface area contributed by atoms with E-state index in [-0.39, 0.29) is 11.9 Å². The number of hydrogen-bond acceptors (Lipinski definition) is 5. The van der Waals surface area contributed by atoms with E-state index >= 15 is 0 Å². The van der Waals surface area contributed by atoms with Gasteiger partial charge in [-0.25, -0.2) is 9.59 Å². The zero-order valence-corrected chi connectivity index (χ0v) is 34.1. The maximum Gasteiger partial charge on any atom is 0.343 e. The smallest absolute Gasteiger partial charge is 0.343 e. The van der Waals surface area contributed by atoms with Crippen molar-refractivity contribution in [3.63, 3.8) is 0 Å². The molecule has 0 aliphatic carbocycles. The third-order valence-electron chi connectivity index (χ3n) is 9.77. The zero-order chi connectivity index (χ0) is 40.6. The zero-order valence-electron chi connectivity index (χ0n) is 32.5. The van der Waals surface area contributed by atoms with Gasteiger partial charge in [-0.1, -0.05) is 84.9 Å². The molecule has 0 saturated carbocycles. The maximum absolute atomic E-state index is 13.0. The molecule has 5 nitrogen and oxygen atoms in total. The molecular weight excluding hydrogens is 769 g/mol. The van der Waals surface area contributed by atoms with E-state index in [1.165, 1.54) is 14.2 Å². The van der Waals surface area contributed by atoms with Gasteiger partial charge in [-0.15, -0.1) is 0 Å². The van der Waals surface area contributed by atoms with E-state index in [4.69, 9.17) is 14.2 Å². The van der Waals surface area contributed by atoms with E-state index in [2.05, 4.69) is 97.1 Å². The Hall–Kier alpha value is -6.80. The molecule has 0 aromatic heterocycles. The molecule has 59 heavy (non-hydrogen) atoms. The van der Waals surface area contributed by atoms with E-state index in [0.29, 0.717) is 22.6 Å². The van der Waals surface area contributed by atoms with Crippen molar-refractivity contribution < 1.29 is 23.8 Å². The number of ether oxygens (including phenoxy) is 3. The second-order valence-electron chi connectivity index (χ2n) is 13.4. The summed E-state index contributed by atoms with van der Waals surface area (Å²) in [4.78, 5) is 32.0. The van der Waals surface area contributed by atoms with Gasteiger partial charge in [0.1, 0.15) is 44.4 Å². The third-order valence-corrected chi connectivity index (χ3v) is 14.3. The molecule has 0 aliphatic rings. The summed E-state index contributed by atoms with van der Waals surface area (Å²) in [6, 6.07) is 69.0. The van der Waals surface area contributed by atoms with Crippen molar-refractivity contribution in [3.05, 3.63) is 217 Å². The van der Waals surface area contributed by atoms with Gasteiger partial charge in [0.25, 0.3) is 0 Å². The number of esters is 2. The minimum Gasteiger partial charge on any atom is -0.465 e. The van der Waals surface area contributed by atoms with Gasteiger partial charge in [0.15, 0.2) is 29.4 Å². The van der Waals surface area contributed by atoms with Gasteiger partial charge in [0, 0.05) is 0 Å². The van der Waals surface area contributed by atoms with Crippen LogP contribution >= 0.6 is 0 Å². The van der Waals surface area contributed by atoms with E-state index in [9.17, 15) is 9.59 Å². The first kappa shape index (κ1) is 39.0. The molecule has 2 unspecified atom stereocenters. The van der Waals surface area contributed by atoms with E-state index in [0.717, 1.165) is 51.6 Å². The molecule has 2 atom stereocenters. The van der Waals surface area contributed by atoms with Crippen molar-refractivity contribution in [1.82, 2.24) is 0 Å². The first-order valence-electron chi connectivity index (χ1n) is 19.0. The summed E-state index contributed by atoms with van der Waals surface area (Å²) in [6.45, 7) is 0. The molecule has 0 amide bonds. The second kappa shape index (κ2) is 18.2. The van der Waals surface area contributed by atoms with Crippen LogP contribution < -0.4 is 4.74 Å². The average Bonchev–Trinajstić information content (AvgIpc) is 3.31. The highest BCUT2D eigenvalue weighted by atomic mass is 32.2. The topological polar surface area (TPSA) is 61.8 Å². The fourth-order valence-electron chi connectivity index (χ4n) is 6.88. The standard InChI is InChI=1S/C52H40O5S2/c1-55-51(53)47-17-9-11-19-49(47)58(43-29-21-39(22-30-43)37-13-5-3-6-14-37)45-33-25-41(26-34-45)57-42-27-35-46(36-28-42)59(50-20-12-10-18-48(50)52(54)56-2)44-31-23-40(24-32-44)38-15-7-4-8-16-38/h3-36H,1-2H3/q+2. The van der Waals surface area contributed by atoms with Gasteiger partial charge in [0.2, 0.25) is 0 Å². The van der Waals surface area contributed by atoms with E-state index in [1.807, 2.05) is 109 Å². The number of methoxy groups -OCH3 is 2. The molecule has 0 aliphatic heterocycles. The fourth-order valence-corrected chi connectivity index (χ4v) is 11.2. The van der Waals surface area contributed by atoms with Crippen molar-refractivity contribution >= 4 is 33.7 Å². The van der Waals surface area contributed by atoms with Crippen LogP contribution in [0.1, 0.15) is 20.7 Å². The first-order valence-corrected chi connectivity index (χ1v) is 21.5. The molecule has 288 valence electrons. The highest BCUT2D eigenvalue weighted by molar-refractivity contribution is 7.97. The van der Waals surface area contributed by atoms with Gasteiger partial charge in [-0.3, -0.25) is 0 Å². The fraction of sp³-hybridized carbons (Fsp3) is 0.0385. The second-order valence-corrected chi connectivity index (χ2v) is 17.4. The Kier molecular flexibility index (Phi) is 12.0. The van der Waals surface area contributed by atoms with Gasteiger partial charge in [-0.05, 0) is 144 Å². The molecule has 0 radical (unpaired) electrons. The molecule has 8 rings (SSSR count). The summed E-state index contributed by atoms with van der Waals surface area (Å²) in [5.74, 6) is 0.612. The monoisotopic (exact) mass is 808 g/mol. The number of rotatable bonds is 12. The van der Waals surface area contributed by atoms with Crippen LogP contribution in [0.15, 0.2) is 236 Å². The minimum atomic E-state index is -0.620. The van der Waals surface area contributed by atoms with Crippen LogP contribution in [0.3, 0.4) is 0 Å². The van der Waals surface area contributed by atoms with Gasteiger partial charge in [0.05, 0.1) is 14.2 Å². The van der Waals surface area contributed by atoms with E-state index < -0.39 is 21.8 Å². The van der Waals surface area contributed by atoms with Crippen molar-refractivity contribution in [1.29, 1.82) is 0 Å². The summed E-state index contributed by atoms with van der Waals surface area (Å²) in [5.41, 5.74) is 5.59. The van der Waals surface area contributed by atoms with Crippen molar-refractivity contribution in [2.75, 3.05) is 14.2 Å². The summed E-state index contributed by atoms with van der Waals surface area (Å²) in [7, 11) is 1.58. The first-order chi connectivity index (χ1) is 29.0. The van der Waals surface area contributed by atoms with Crippen molar-refractivity contribution in [2.45, 2.75) is 29.4 Å². The van der Waals surface area contributed by atoms with Crippen LogP contribution in [0.5, 0.6) is 11.5 Å². The van der Waals surface area contributed by atoms with Crippen molar-refractivity contribution in [3.8, 4) is 33.8 Å². The lowest BCUT2D eigenvalue weighted by molar-refractivity contribution is 0.0588. The number of carbonyl (C=O) groups is 2. The minimum absolute atomic E-state index is 0.372. The number of carbonyl (C=O) groups excluding carboxylic acids is 2. The molecule has 0 spiro atoms. The normalized spacial score (nSPS) is 11.9. The van der Waals surface area contributed by atoms with Crippen LogP contribution in [0.4, 0.5) is 0 Å². The summed E-state index contributed by atoms with van der Waals surface area (Å²) in [6.07, 6.45) is 0. The molecule has 0 fully saturated rings. The molecule has 7 heteroatoms. The molecule has 0 heterocycles. The highest BCUT2D eigenvalue weighted by Gasteiger charge is 2.35. The Labute approximate surface area is 350 Å². The molecule has 8 aromatic carbocycles. The lowest BCUT2D eigenvalue weighted by atomic mass is 10.1. The van der Waals surface area contributed by atoms with Gasteiger partial charge < -0.3 is 14.2 Å². The largest absolute Gasteiger partial charge is 0.465 e. The quantitative estimate of drug-likeness (QED) is 0.0909. The molecule has 0 bridgehead atoms. The number of hydrogen-bond donors (Lipinski definition) is 0. The Balaban J connectivity index is 1.09. The van der Waals surface area contributed by atoms with Crippen LogP contribution in [0.2, 0.25) is 0 Å². The third kappa shape index (κ3) is 8.72. The lowest BCUT2D eigenvalue weighted by Gasteiger charge is -2.13. The lowest BCUT2D eigenvalue weighted by Crippen LogP contribution is -2.12. The predicted octanol–water partition coefficient (Wildman–Crippen LogP) is 12.6. The molecule has 8 aromatic rings. The maximum atomic E-state index is 13.0. The number of benzene rings is 8. The molecule has 0 N–H and O–H groups in total. The Morgan fingerprint density at radius 2 is 0.627 bits per heavy atom. The predicted molar refractivity (Wildman–Crippen MR) is 237 cm³/mol. The van der Waals surface area contributed by atoms with Crippen LogP contribution in [-0.4, -0.2) is 26.2 Å². The SMILES string of the molecule is COC(=O)c1ccccc1[S+](c1ccc(Oc2ccc([S+](c3ccc(-c4ccccc4)cc3)c3ccccc3C(=O)OC)cc2)cc1)c1ccc(-c2ccccc2)cc1. The Morgan fingerprint density at radius 3 is 0.966 bits per heavy atom. The Morgan fingerprint density at radius 1 is 0.339 bits per heavy atom. The van der Waals surface area contributed by atoms with Crippen molar-refractivity contribution in [2.24, 2.45) is 0 Å². The molecule has 0 saturated heterocycles. The summed E-state index contributed by atoms with van der Waals surface area (Å²) in [5, 5.41) is 0. The highest BCUT2D eigenvalue weighted by Crippen LogP contribution is 2.38. The average molecular weight is 809 g/mol. The Bertz CT molecular complexity index is 2480. The van der Waals surface area contributed by atoms with Crippen LogP contribution in [0.25, 0.3) is 22.3 Å². The van der Waals surface area contributed by atoms with Gasteiger partial charge in [-0.2, -0.15) is 0 Å².